The lowest BCUT2D eigenvalue weighted by molar-refractivity contribution is -0.116. The predicted molar refractivity (Wildman–Crippen MR) is 104 cm³/mol. The molecule has 148 valence electrons. The number of hydrogen-bond acceptors (Lipinski definition) is 3. The number of aryl methyl sites for hydroxylation is 3. The van der Waals surface area contributed by atoms with Crippen LogP contribution in [0, 0.1) is 32.4 Å². The molecule has 1 amide bonds. The van der Waals surface area contributed by atoms with Crippen LogP contribution < -0.4 is 5.32 Å². The first-order valence-electron chi connectivity index (χ1n) is 9.22. The first kappa shape index (κ1) is 19.0. The van der Waals surface area contributed by atoms with Gasteiger partial charge in [-0.3, -0.25) is 9.59 Å². The third kappa shape index (κ3) is 3.22. The Bertz CT molecular complexity index is 1170. The van der Waals surface area contributed by atoms with Gasteiger partial charge in [0.1, 0.15) is 17.3 Å². The Morgan fingerprint density at radius 2 is 1.90 bits per heavy atom. The van der Waals surface area contributed by atoms with E-state index in [0.717, 1.165) is 23.3 Å². The number of benzene rings is 2. The summed E-state index contributed by atoms with van der Waals surface area (Å²) in [4.78, 5) is 25.7. The number of nitrogens with one attached hydrogen (secondary N) is 1. The summed E-state index contributed by atoms with van der Waals surface area (Å²) in [6.07, 6.45) is -0.0162. The third-order valence-electron chi connectivity index (χ3n) is 5.22. The molecular formula is C22H19F2N3O2. The lowest BCUT2D eigenvalue weighted by atomic mass is 9.84. The van der Waals surface area contributed by atoms with Crippen LogP contribution in [0.2, 0.25) is 0 Å². The average molecular weight is 395 g/mol. The fourth-order valence-electron chi connectivity index (χ4n) is 3.79. The Hall–Kier alpha value is -3.35. The zero-order valence-electron chi connectivity index (χ0n) is 16.2. The smallest absolute Gasteiger partial charge is 0.226 e. The van der Waals surface area contributed by atoms with E-state index >= 15 is 0 Å². The Kier molecular flexibility index (Phi) is 4.53. The second-order valence-electron chi connectivity index (χ2n) is 7.34. The van der Waals surface area contributed by atoms with Gasteiger partial charge in [0, 0.05) is 23.6 Å². The number of rotatable bonds is 3. The van der Waals surface area contributed by atoms with E-state index < -0.39 is 17.6 Å². The number of carbonyl (C=O) groups excluding carboxylic acids is 2. The Morgan fingerprint density at radius 3 is 2.62 bits per heavy atom. The number of nitrogens with zero attached hydrogens (tertiary/aromatic N) is 2. The zero-order valence-corrected chi connectivity index (χ0v) is 16.2. The van der Waals surface area contributed by atoms with Gasteiger partial charge in [0.05, 0.1) is 11.6 Å². The SMILES string of the molecule is Cc1ccc(C)c(C(=O)C2CC(=O)Nc3c2c(C)nn3-c2ccc(F)cc2F)c1. The quantitative estimate of drug-likeness (QED) is 0.669. The molecule has 3 aromatic rings. The molecule has 2 aromatic carbocycles. The van der Waals surface area contributed by atoms with Crippen LogP contribution >= 0.6 is 0 Å². The number of anilines is 1. The number of fused-ring (bicyclic) bond motifs is 1. The summed E-state index contributed by atoms with van der Waals surface area (Å²) in [5.41, 5.74) is 3.38. The van der Waals surface area contributed by atoms with E-state index in [2.05, 4.69) is 10.4 Å². The fourth-order valence-corrected chi connectivity index (χ4v) is 3.79. The topological polar surface area (TPSA) is 64.0 Å². The summed E-state index contributed by atoms with van der Waals surface area (Å²) in [6, 6.07) is 8.72. The van der Waals surface area contributed by atoms with Crippen LogP contribution in [0.25, 0.3) is 5.69 Å². The Labute approximate surface area is 166 Å². The van der Waals surface area contributed by atoms with Crippen molar-refractivity contribution in [2.45, 2.75) is 33.1 Å². The lowest BCUT2D eigenvalue weighted by Crippen LogP contribution is -2.29. The number of hydrogen-bond donors (Lipinski definition) is 1. The maximum Gasteiger partial charge on any atom is 0.226 e. The van der Waals surface area contributed by atoms with E-state index in [1.807, 2.05) is 32.0 Å². The standard InChI is InChI=1S/C22H19F2N3O2/c1-11-4-5-12(2)15(8-11)21(29)16-10-19(28)25-22-20(16)13(3)26-27(22)18-7-6-14(23)9-17(18)24/h4-9,16H,10H2,1-3H3,(H,25,28). The molecule has 0 spiro atoms. The van der Waals surface area contributed by atoms with Crippen LogP contribution in [0.1, 0.15) is 45.1 Å². The largest absolute Gasteiger partial charge is 0.310 e. The minimum Gasteiger partial charge on any atom is -0.310 e. The Balaban J connectivity index is 1.86. The molecule has 4 rings (SSSR count). The van der Waals surface area contributed by atoms with E-state index in [1.165, 1.54) is 10.7 Å². The van der Waals surface area contributed by atoms with Crippen molar-refractivity contribution >= 4 is 17.5 Å². The highest BCUT2D eigenvalue weighted by atomic mass is 19.1. The summed E-state index contributed by atoms with van der Waals surface area (Å²) in [6.45, 7) is 5.45. The predicted octanol–water partition coefficient (Wildman–Crippen LogP) is 4.38. The van der Waals surface area contributed by atoms with E-state index in [-0.39, 0.29) is 29.6 Å². The van der Waals surface area contributed by atoms with Gasteiger partial charge in [0.2, 0.25) is 5.91 Å². The monoisotopic (exact) mass is 395 g/mol. The maximum absolute atomic E-state index is 14.4. The summed E-state index contributed by atoms with van der Waals surface area (Å²) in [7, 11) is 0. The molecule has 29 heavy (non-hydrogen) atoms. The molecule has 1 N–H and O–H groups in total. The van der Waals surface area contributed by atoms with Gasteiger partial charge in [0.15, 0.2) is 11.6 Å². The molecule has 0 saturated carbocycles. The molecule has 1 atom stereocenters. The van der Waals surface area contributed by atoms with Crippen molar-refractivity contribution in [3.05, 3.63) is 76.0 Å². The van der Waals surface area contributed by atoms with Gasteiger partial charge in [-0.15, -0.1) is 0 Å². The van der Waals surface area contributed by atoms with E-state index in [1.54, 1.807) is 6.92 Å². The molecule has 1 aliphatic rings. The molecule has 1 aromatic heterocycles. The molecule has 0 radical (unpaired) electrons. The van der Waals surface area contributed by atoms with E-state index in [4.69, 9.17) is 0 Å². The number of halogens is 2. The summed E-state index contributed by atoms with van der Waals surface area (Å²) in [5.74, 6) is -2.54. The van der Waals surface area contributed by atoms with Gasteiger partial charge < -0.3 is 5.32 Å². The minimum absolute atomic E-state index is 0.00381. The molecule has 1 aliphatic heterocycles. The van der Waals surface area contributed by atoms with Crippen LogP contribution in [0.3, 0.4) is 0 Å². The minimum atomic E-state index is -0.812. The highest BCUT2D eigenvalue weighted by Crippen LogP contribution is 2.39. The number of amides is 1. The summed E-state index contributed by atoms with van der Waals surface area (Å²) < 4.78 is 28.9. The summed E-state index contributed by atoms with van der Waals surface area (Å²) >= 11 is 0. The van der Waals surface area contributed by atoms with Gasteiger partial charge in [-0.25, -0.2) is 13.5 Å². The number of Topliss-reactive ketones (excluding diaryl/α,β-unsaturated/α-hetero) is 1. The van der Waals surface area contributed by atoms with Crippen molar-refractivity contribution < 1.29 is 18.4 Å². The average Bonchev–Trinajstić information content (AvgIpc) is 2.98. The van der Waals surface area contributed by atoms with Crippen molar-refractivity contribution in [1.82, 2.24) is 9.78 Å². The van der Waals surface area contributed by atoms with Gasteiger partial charge >= 0.3 is 0 Å². The molecule has 5 nitrogen and oxygen atoms in total. The van der Waals surface area contributed by atoms with Crippen molar-refractivity contribution in [2.24, 2.45) is 0 Å². The van der Waals surface area contributed by atoms with Crippen LogP contribution in [0.5, 0.6) is 0 Å². The maximum atomic E-state index is 14.4. The number of carbonyl (C=O) groups is 2. The van der Waals surface area contributed by atoms with Crippen molar-refractivity contribution in [3.63, 3.8) is 0 Å². The van der Waals surface area contributed by atoms with Crippen LogP contribution in [-0.2, 0) is 4.79 Å². The summed E-state index contributed by atoms with van der Waals surface area (Å²) in [5, 5.41) is 7.04. The zero-order chi connectivity index (χ0) is 20.9. The Morgan fingerprint density at radius 1 is 1.14 bits per heavy atom. The molecule has 2 heterocycles. The molecular weight excluding hydrogens is 376 g/mol. The number of aromatic nitrogens is 2. The van der Waals surface area contributed by atoms with Crippen LogP contribution in [-0.4, -0.2) is 21.5 Å². The van der Waals surface area contributed by atoms with Gasteiger partial charge in [-0.05, 0) is 44.5 Å². The molecule has 0 aliphatic carbocycles. The van der Waals surface area contributed by atoms with Gasteiger partial charge in [0.25, 0.3) is 0 Å². The molecule has 1 unspecified atom stereocenters. The third-order valence-corrected chi connectivity index (χ3v) is 5.22. The van der Waals surface area contributed by atoms with Crippen LogP contribution in [0.4, 0.5) is 14.6 Å². The molecule has 0 fully saturated rings. The fraction of sp³-hybridized carbons (Fsp3) is 0.227. The highest BCUT2D eigenvalue weighted by molar-refractivity contribution is 6.08. The van der Waals surface area contributed by atoms with Crippen molar-refractivity contribution in [2.75, 3.05) is 5.32 Å². The second-order valence-corrected chi connectivity index (χ2v) is 7.34. The lowest BCUT2D eigenvalue weighted by Gasteiger charge is -2.24. The second kappa shape index (κ2) is 6.92. The van der Waals surface area contributed by atoms with Gasteiger partial charge in [-0.1, -0.05) is 17.7 Å². The molecule has 0 saturated heterocycles. The van der Waals surface area contributed by atoms with Crippen LogP contribution in [0.15, 0.2) is 36.4 Å². The van der Waals surface area contributed by atoms with Gasteiger partial charge in [-0.2, -0.15) is 5.10 Å². The molecule has 7 heteroatoms. The molecule has 0 bridgehead atoms. The van der Waals surface area contributed by atoms with Crippen molar-refractivity contribution in [1.29, 1.82) is 0 Å². The first-order chi connectivity index (χ1) is 13.8. The number of ketones is 1. The van der Waals surface area contributed by atoms with E-state index in [0.29, 0.717) is 16.8 Å². The van der Waals surface area contributed by atoms with Crippen molar-refractivity contribution in [3.8, 4) is 5.69 Å². The van der Waals surface area contributed by atoms with E-state index in [9.17, 15) is 18.4 Å². The highest BCUT2D eigenvalue weighted by Gasteiger charge is 2.37. The first-order valence-corrected chi connectivity index (χ1v) is 9.22. The normalized spacial score (nSPS) is 15.8.